The van der Waals surface area contributed by atoms with Crippen LogP contribution in [-0.4, -0.2) is 22.9 Å². The van der Waals surface area contributed by atoms with Crippen LogP contribution < -0.4 is 0 Å². The number of carbonyl (C=O) groups is 2. The van der Waals surface area contributed by atoms with E-state index in [0.717, 1.165) is 5.56 Å². The van der Waals surface area contributed by atoms with Crippen molar-refractivity contribution in [2.75, 3.05) is 0 Å². The molecule has 4 heteroatoms. The molecule has 90 valence electrons. The van der Waals surface area contributed by atoms with Gasteiger partial charge in [0.15, 0.2) is 0 Å². The van der Waals surface area contributed by atoms with E-state index in [1.807, 2.05) is 37.3 Å². The number of hydrogen-bond donors (Lipinski definition) is 0. The summed E-state index contributed by atoms with van der Waals surface area (Å²) in [7, 11) is 0. The Kier molecular flexibility index (Phi) is 3.13. The molecule has 1 fully saturated rings. The average molecular weight is 233 g/mol. The fraction of sp³-hybridized carbons (Fsp3) is 0.385. The zero-order valence-electron chi connectivity index (χ0n) is 9.92. The van der Waals surface area contributed by atoms with E-state index in [0.29, 0.717) is 6.42 Å². The lowest BCUT2D eigenvalue weighted by Gasteiger charge is -2.18. The molecule has 0 saturated carbocycles. The summed E-state index contributed by atoms with van der Waals surface area (Å²) in [6.07, 6.45) is -0.599. The van der Waals surface area contributed by atoms with Crippen molar-refractivity contribution in [3.63, 3.8) is 0 Å². The van der Waals surface area contributed by atoms with Crippen LogP contribution in [0, 0.1) is 0 Å². The smallest absolute Gasteiger partial charge is 0.417 e. The summed E-state index contributed by atoms with van der Waals surface area (Å²) in [6.45, 7) is 3.56. The van der Waals surface area contributed by atoms with Gasteiger partial charge in [0.05, 0.1) is 6.04 Å². The fourth-order valence-electron chi connectivity index (χ4n) is 2.05. The first-order valence-electron chi connectivity index (χ1n) is 5.72. The molecule has 0 aliphatic carbocycles. The Morgan fingerprint density at radius 1 is 1.35 bits per heavy atom. The molecule has 1 saturated heterocycles. The van der Waals surface area contributed by atoms with Crippen LogP contribution in [-0.2, 0) is 9.53 Å². The van der Waals surface area contributed by atoms with Gasteiger partial charge in [0, 0.05) is 6.42 Å². The first kappa shape index (κ1) is 11.6. The first-order valence-corrected chi connectivity index (χ1v) is 5.72. The second kappa shape index (κ2) is 4.57. The van der Waals surface area contributed by atoms with Crippen LogP contribution in [0.2, 0.25) is 0 Å². The maximum atomic E-state index is 11.7. The van der Waals surface area contributed by atoms with Gasteiger partial charge in [0.2, 0.25) is 5.91 Å². The molecular weight excluding hydrogens is 218 g/mol. The molecule has 1 aliphatic rings. The van der Waals surface area contributed by atoms with Gasteiger partial charge < -0.3 is 4.74 Å². The van der Waals surface area contributed by atoms with E-state index in [-0.39, 0.29) is 18.1 Å². The zero-order chi connectivity index (χ0) is 12.4. The van der Waals surface area contributed by atoms with Gasteiger partial charge in [-0.25, -0.2) is 9.69 Å². The second-order valence-electron chi connectivity index (χ2n) is 4.07. The molecule has 2 amide bonds. The summed E-state index contributed by atoms with van der Waals surface area (Å²) in [6, 6.07) is 9.22. The summed E-state index contributed by atoms with van der Waals surface area (Å²) in [4.78, 5) is 24.5. The summed E-state index contributed by atoms with van der Waals surface area (Å²) in [5, 5.41) is 0. The van der Waals surface area contributed by atoms with Gasteiger partial charge in [-0.1, -0.05) is 37.3 Å². The van der Waals surface area contributed by atoms with Crippen molar-refractivity contribution >= 4 is 12.0 Å². The van der Waals surface area contributed by atoms with Crippen molar-refractivity contribution in [1.82, 2.24) is 4.90 Å². The average Bonchev–Trinajstić information content (AvgIpc) is 2.65. The highest BCUT2D eigenvalue weighted by molar-refractivity contribution is 5.93. The molecule has 0 N–H and O–H groups in total. The van der Waals surface area contributed by atoms with Gasteiger partial charge in [-0.15, -0.1) is 0 Å². The molecule has 1 aromatic carbocycles. The minimum atomic E-state index is -0.543. The predicted molar refractivity (Wildman–Crippen MR) is 62.3 cm³/mol. The Hall–Kier alpha value is -1.84. The van der Waals surface area contributed by atoms with E-state index in [1.54, 1.807) is 6.92 Å². The van der Waals surface area contributed by atoms with Gasteiger partial charge in [0.1, 0.15) is 6.10 Å². The molecule has 2 rings (SSSR count). The monoisotopic (exact) mass is 233 g/mol. The van der Waals surface area contributed by atoms with E-state index >= 15 is 0 Å². The van der Waals surface area contributed by atoms with Crippen molar-refractivity contribution in [3.05, 3.63) is 35.9 Å². The molecule has 0 bridgehead atoms. The summed E-state index contributed by atoms with van der Waals surface area (Å²) >= 11 is 0. The lowest BCUT2D eigenvalue weighted by molar-refractivity contribution is -0.128. The van der Waals surface area contributed by atoms with Crippen LogP contribution in [0.3, 0.4) is 0 Å². The Balaban J connectivity index is 2.24. The van der Waals surface area contributed by atoms with Crippen LogP contribution >= 0.6 is 0 Å². The first-order chi connectivity index (χ1) is 8.15. The van der Waals surface area contributed by atoms with Gasteiger partial charge in [-0.05, 0) is 12.5 Å². The summed E-state index contributed by atoms with van der Waals surface area (Å²) in [5.41, 5.74) is 0.916. The lowest BCUT2D eigenvalue weighted by Crippen LogP contribution is -2.37. The van der Waals surface area contributed by atoms with Gasteiger partial charge >= 0.3 is 6.09 Å². The van der Waals surface area contributed by atoms with Crippen LogP contribution in [0.5, 0.6) is 0 Å². The van der Waals surface area contributed by atoms with Crippen molar-refractivity contribution < 1.29 is 14.3 Å². The highest BCUT2D eigenvalue weighted by Gasteiger charge is 2.42. The number of amides is 2. The number of ether oxygens (including phenoxy) is 1. The molecule has 0 aromatic heterocycles. The molecule has 1 aliphatic heterocycles. The molecule has 1 aromatic rings. The topological polar surface area (TPSA) is 46.6 Å². The summed E-state index contributed by atoms with van der Waals surface area (Å²) in [5.74, 6) is -0.194. The third kappa shape index (κ3) is 2.02. The molecule has 0 radical (unpaired) electrons. The van der Waals surface area contributed by atoms with Gasteiger partial charge in [-0.3, -0.25) is 4.79 Å². The maximum absolute atomic E-state index is 11.7. The van der Waals surface area contributed by atoms with Gasteiger partial charge in [-0.2, -0.15) is 0 Å². The second-order valence-corrected chi connectivity index (χ2v) is 4.07. The van der Waals surface area contributed by atoms with E-state index in [9.17, 15) is 9.59 Å². The third-order valence-corrected chi connectivity index (χ3v) is 2.97. The molecule has 2 atom stereocenters. The van der Waals surface area contributed by atoms with E-state index in [2.05, 4.69) is 0 Å². The van der Waals surface area contributed by atoms with E-state index in [4.69, 9.17) is 4.74 Å². The number of hydrogen-bond acceptors (Lipinski definition) is 3. The Bertz CT molecular complexity index is 430. The number of nitrogens with zero attached hydrogens (tertiary/aromatic N) is 1. The minimum absolute atomic E-state index is 0.194. The van der Waals surface area contributed by atoms with E-state index in [1.165, 1.54) is 4.90 Å². The highest BCUT2D eigenvalue weighted by atomic mass is 16.6. The molecule has 0 unspecified atom stereocenters. The maximum Gasteiger partial charge on any atom is 0.417 e. The van der Waals surface area contributed by atoms with Gasteiger partial charge in [0.25, 0.3) is 0 Å². The number of imide groups is 1. The van der Waals surface area contributed by atoms with Crippen LogP contribution in [0.15, 0.2) is 30.3 Å². The van der Waals surface area contributed by atoms with Crippen molar-refractivity contribution in [2.24, 2.45) is 0 Å². The molecule has 4 nitrogen and oxygen atoms in total. The normalized spacial score (nSPS) is 23.6. The lowest BCUT2D eigenvalue weighted by atomic mass is 10.0. The molecule has 1 heterocycles. The molecular formula is C13H15NO3. The van der Waals surface area contributed by atoms with Crippen LogP contribution in [0.1, 0.15) is 31.9 Å². The standard InChI is InChI=1S/C13H15NO3/c1-3-11(15)14-9(2)12(17-13(14)16)10-7-5-4-6-8-10/h4-9,12H,3H2,1-2H3/t9-,12+/m0/s1. The van der Waals surface area contributed by atoms with Crippen LogP contribution in [0.4, 0.5) is 4.79 Å². The largest absolute Gasteiger partial charge is 0.439 e. The van der Waals surface area contributed by atoms with E-state index < -0.39 is 6.09 Å². The Morgan fingerprint density at radius 2 is 2.00 bits per heavy atom. The van der Waals surface area contributed by atoms with Crippen molar-refractivity contribution in [3.8, 4) is 0 Å². The zero-order valence-corrected chi connectivity index (χ0v) is 9.92. The number of benzene rings is 1. The number of cyclic esters (lactones) is 1. The highest BCUT2D eigenvalue weighted by Crippen LogP contribution is 2.32. The Labute approximate surface area is 100 Å². The predicted octanol–water partition coefficient (Wildman–Crippen LogP) is 2.51. The molecule has 17 heavy (non-hydrogen) atoms. The molecule has 0 spiro atoms. The quantitative estimate of drug-likeness (QED) is 0.788. The number of carbonyl (C=O) groups excluding carboxylic acids is 2. The Morgan fingerprint density at radius 3 is 2.59 bits per heavy atom. The van der Waals surface area contributed by atoms with Crippen LogP contribution in [0.25, 0.3) is 0 Å². The minimum Gasteiger partial charge on any atom is -0.439 e. The third-order valence-electron chi connectivity index (χ3n) is 2.97. The van der Waals surface area contributed by atoms with Crippen molar-refractivity contribution in [1.29, 1.82) is 0 Å². The fourth-order valence-corrected chi connectivity index (χ4v) is 2.05. The van der Waals surface area contributed by atoms with Crippen molar-refractivity contribution in [2.45, 2.75) is 32.4 Å². The SMILES string of the molecule is CCC(=O)N1C(=O)O[C@@H](c2ccccc2)[C@@H]1C. The number of rotatable bonds is 2. The summed E-state index contributed by atoms with van der Waals surface area (Å²) < 4.78 is 5.26.